The first kappa shape index (κ1) is 14.4. The molecule has 2 rings (SSSR count). The third kappa shape index (κ3) is 4.51. The van der Waals surface area contributed by atoms with Crippen molar-refractivity contribution in [3.05, 3.63) is 29.3 Å². The van der Waals surface area contributed by atoms with E-state index in [2.05, 4.69) is 49.2 Å². The van der Waals surface area contributed by atoms with Crippen molar-refractivity contribution in [1.29, 1.82) is 0 Å². The van der Waals surface area contributed by atoms with Crippen molar-refractivity contribution in [1.82, 2.24) is 10.2 Å². The molecule has 1 aliphatic rings. The quantitative estimate of drug-likeness (QED) is 0.825. The maximum atomic E-state index is 5.85. The van der Waals surface area contributed by atoms with E-state index in [4.69, 9.17) is 4.74 Å². The fourth-order valence-electron chi connectivity index (χ4n) is 2.69. The van der Waals surface area contributed by atoms with E-state index in [0.29, 0.717) is 6.04 Å². The highest BCUT2D eigenvalue weighted by molar-refractivity contribution is 5.32. The van der Waals surface area contributed by atoms with E-state index in [1.165, 1.54) is 11.1 Å². The number of nitrogens with one attached hydrogen (secondary N) is 1. The Labute approximate surface area is 116 Å². The molecule has 1 fully saturated rings. The van der Waals surface area contributed by atoms with E-state index in [9.17, 15) is 0 Å². The Morgan fingerprint density at radius 3 is 2.68 bits per heavy atom. The van der Waals surface area contributed by atoms with Gasteiger partial charge in [-0.2, -0.15) is 0 Å². The molecule has 0 saturated carbocycles. The molecule has 1 aliphatic heterocycles. The molecule has 1 N–H and O–H groups in total. The minimum atomic E-state index is 0.648. The minimum absolute atomic E-state index is 0.648. The van der Waals surface area contributed by atoms with Gasteiger partial charge < -0.3 is 10.1 Å². The van der Waals surface area contributed by atoms with Crippen LogP contribution in [0.3, 0.4) is 0 Å². The van der Waals surface area contributed by atoms with E-state index >= 15 is 0 Å². The summed E-state index contributed by atoms with van der Waals surface area (Å²) in [6.07, 6.45) is 1.09. The van der Waals surface area contributed by atoms with Gasteiger partial charge in [0.2, 0.25) is 0 Å². The molecule has 0 aromatic heterocycles. The molecular formula is C16H26N2O. The van der Waals surface area contributed by atoms with Crippen LogP contribution in [-0.4, -0.2) is 43.7 Å². The van der Waals surface area contributed by atoms with E-state index in [-0.39, 0.29) is 0 Å². The normalized spacial score (nSPS) is 20.5. The second-order valence-corrected chi connectivity index (χ2v) is 5.61. The fourth-order valence-corrected chi connectivity index (χ4v) is 2.69. The van der Waals surface area contributed by atoms with Gasteiger partial charge in [-0.1, -0.05) is 6.07 Å². The van der Waals surface area contributed by atoms with Gasteiger partial charge in [0.15, 0.2) is 0 Å². The smallest absolute Gasteiger partial charge is 0.119 e. The number of ether oxygens (including phenoxy) is 1. The summed E-state index contributed by atoms with van der Waals surface area (Å²) in [6.45, 7) is 11.8. The third-order valence-electron chi connectivity index (χ3n) is 3.69. The average molecular weight is 262 g/mol. The summed E-state index contributed by atoms with van der Waals surface area (Å²) in [6, 6.07) is 7.05. The SMILES string of the molecule is Cc1cc(C)cc(OCCCN2CCNC[C@H]2C)c1. The molecule has 0 bridgehead atoms. The number of nitrogens with zero attached hydrogens (tertiary/aromatic N) is 1. The lowest BCUT2D eigenvalue weighted by Gasteiger charge is -2.33. The van der Waals surface area contributed by atoms with Crippen LogP contribution in [0.2, 0.25) is 0 Å². The Bertz CT molecular complexity index is 385. The van der Waals surface area contributed by atoms with Crippen molar-refractivity contribution in [2.45, 2.75) is 33.2 Å². The lowest BCUT2D eigenvalue weighted by atomic mass is 10.1. The number of aryl methyl sites for hydroxylation is 2. The van der Waals surface area contributed by atoms with E-state index in [0.717, 1.165) is 45.0 Å². The predicted octanol–water partition coefficient (Wildman–Crippen LogP) is 2.37. The van der Waals surface area contributed by atoms with Crippen molar-refractivity contribution < 1.29 is 4.74 Å². The largest absolute Gasteiger partial charge is 0.494 e. The van der Waals surface area contributed by atoms with Crippen molar-refractivity contribution >= 4 is 0 Å². The third-order valence-corrected chi connectivity index (χ3v) is 3.69. The maximum absolute atomic E-state index is 5.85. The summed E-state index contributed by atoms with van der Waals surface area (Å²) in [7, 11) is 0. The maximum Gasteiger partial charge on any atom is 0.119 e. The van der Waals surface area contributed by atoms with Gasteiger partial charge in [-0.05, 0) is 50.5 Å². The topological polar surface area (TPSA) is 24.5 Å². The lowest BCUT2D eigenvalue weighted by molar-refractivity contribution is 0.160. The molecule has 1 aromatic carbocycles. The van der Waals surface area contributed by atoms with Gasteiger partial charge in [-0.3, -0.25) is 4.90 Å². The number of rotatable bonds is 5. The van der Waals surface area contributed by atoms with Gasteiger partial charge in [0.25, 0.3) is 0 Å². The molecule has 0 unspecified atom stereocenters. The first-order chi connectivity index (χ1) is 9.15. The van der Waals surface area contributed by atoms with Gasteiger partial charge >= 0.3 is 0 Å². The molecule has 3 heteroatoms. The number of hydrogen-bond acceptors (Lipinski definition) is 3. The van der Waals surface area contributed by atoms with Crippen molar-refractivity contribution in [2.24, 2.45) is 0 Å². The summed E-state index contributed by atoms with van der Waals surface area (Å²) in [5.74, 6) is 1.01. The Morgan fingerprint density at radius 1 is 1.26 bits per heavy atom. The Balaban J connectivity index is 1.71. The van der Waals surface area contributed by atoms with Crippen LogP contribution in [0.15, 0.2) is 18.2 Å². The molecule has 0 aliphatic carbocycles. The standard InChI is InChI=1S/C16H26N2O/c1-13-9-14(2)11-16(10-13)19-8-4-6-18-7-5-17-12-15(18)3/h9-11,15,17H,4-8,12H2,1-3H3/t15-/m1/s1. The molecule has 0 radical (unpaired) electrons. The van der Waals surface area contributed by atoms with E-state index < -0.39 is 0 Å². The van der Waals surface area contributed by atoms with Crippen LogP contribution in [0.4, 0.5) is 0 Å². The highest BCUT2D eigenvalue weighted by Crippen LogP contribution is 2.16. The molecule has 1 saturated heterocycles. The van der Waals surface area contributed by atoms with Gasteiger partial charge in [-0.25, -0.2) is 0 Å². The Morgan fingerprint density at radius 2 is 2.00 bits per heavy atom. The van der Waals surface area contributed by atoms with Crippen LogP contribution in [0.25, 0.3) is 0 Å². The predicted molar refractivity (Wildman–Crippen MR) is 79.9 cm³/mol. The first-order valence-electron chi connectivity index (χ1n) is 7.31. The molecule has 3 nitrogen and oxygen atoms in total. The minimum Gasteiger partial charge on any atom is -0.494 e. The highest BCUT2D eigenvalue weighted by atomic mass is 16.5. The van der Waals surface area contributed by atoms with Crippen molar-refractivity contribution in [2.75, 3.05) is 32.8 Å². The molecule has 0 spiro atoms. The van der Waals surface area contributed by atoms with Gasteiger partial charge in [0.05, 0.1) is 6.61 Å². The van der Waals surface area contributed by atoms with E-state index in [1.54, 1.807) is 0 Å². The number of piperazine rings is 1. The molecule has 1 heterocycles. The van der Waals surface area contributed by atoms with Crippen LogP contribution in [-0.2, 0) is 0 Å². The molecule has 1 aromatic rings. The zero-order valence-corrected chi connectivity index (χ0v) is 12.4. The first-order valence-corrected chi connectivity index (χ1v) is 7.31. The molecule has 106 valence electrons. The van der Waals surface area contributed by atoms with Crippen molar-refractivity contribution in [3.63, 3.8) is 0 Å². The summed E-state index contributed by atoms with van der Waals surface area (Å²) >= 11 is 0. The fraction of sp³-hybridized carbons (Fsp3) is 0.625. The highest BCUT2D eigenvalue weighted by Gasteiger charge is 2.16. The van der Waals surface area contributed by atoms with Crippen LogP contribution in [0, 0.1) is 13.8 Å². The zero-order chi connectivity index (χ0) is 13.7. The summed E-state index contributed by atoms with van der Waals surface area (Å²) in [5, 5.41) is 3.42. The van der Waals surface area contributed by atoms with E-state index in [1.807, 2.05) is 0 Å². The second kappa shape index (κ2) is 6.92. The van der Waals surface area contributed by atoms with Gasteiger partial charge in [-0.15, -0.1) is 0 Å². The monoisotopic (exact) mass is 262 g/mol. The average Bonchev–Trinajstić information content (AvgIpc) is 2.35. The molecule has 1 atom stereocenters. The number of hydrogen-bond donors (Lipinski definition) is 1. The van der Waals surface area contributed by atoms with Gasteiger partial charge in [0.1, 0.15) is 5.75 Å². The van der Waals surface area contributed by atoms with Crippen LogP contribution in [0.1, 0.15) is 24.5 Å². The van der Waals surface area contributed by atoms with Crippen LogP contribution in [0.5, 0.6) is 5.75 Å². The van der Waals surface area contributed by atoms with Crippen LogP contribution < -0.4 is 10.1 Å². The summed E-state index contributed by atoms with van der Waals surface area (Å²) in [5.41, 5.74) is 2.54. The van der Waals surface area contributed by atoms with Gasteiger partial charge in [0, 0.05) is 32.2 Å². The molecule has 0 amide bonds. The van der Waals surface area contributed by atoms with Crippen LogP contribution >= 0.6 is 0 Å². The zero-order valence-electron chi connectivity index (χ0n) is 12.4. The molecular weight excluding hydrogens is 236 g/mol. The molecule has 19 heavy (non-hydrogen) atoms. The van der Waals surface area contributed by atoms with Crippen molar-refractivity contribution in [3.8, 4) is 5.75 Å². The lowest BCUT2D eigenvalue weighted by Crippen LogP contribution is -2.50. The second-order valence-electron chi connectivity index (χ2n) is 5.61. The Kier molecular flexibility index (Phi) is 5.23. The summed E-state index contributed by atoms with van der Waals surface area (Å²) in [4.78, 5) is 2.54. The number of benzene rings is 1. The Hall–Kier alpha value is -1.06. The summed E-state index contributed by atoms with van der Waals surface area (Å²) < 4.78 is 5.85.